The van der Waals surface area contributed by atoms with Gasteiger partial charge in [0.05, 0.1) is 12.7 Å². The van der Waals surface area contributed by atoms with Crippen molar-refractivity contribution in [2.24, 2.45) is 0 Å². The molecule has 1 heterocycles. The third kappa shape index (κ3) is 4.95. The van der Waals surface area contributed by atoms with E-state index in [1.54, 1.807) is 24.3 Å². The number of aliphatic hydroxyl groups is 1. The van der Waals surface area contributed by atoms with Crippen molar-refractivity contribution in [2.45, 2.75) is 13.0 Å². The van der Waals surface area contributed by atoms with E-state index in [4.69, 9.17) is 16.3 Å². The highest BCUT2D eigenvalue weighted by Crippen LogP contribution is 2.14. The van der Waals surface area contributed by atoms with Crippen LogP contribution in [0.3, 0.4) is 0 Å². The zero-order valence-electron chi connectivity index (χ0n) is 12.9. The van der Waals surface area contributed by atoms with Crippen molar-refractivity contribution >= 4 is 17.5 Å². The summed E-state index contributed by atoms with van der Waals surface area (Å²) >= 11 is 5.93. The second kappa shape index (κ2) is 8.48. The smallest absolute Gasteiger partial charge is 0.253 e. The lowest BCUT2D eigenvalue weighted by Gasteiger charge is -2.35. The van der Waals surface area contributed by atoms with Gasteiger partial charge in [-0.05, 0) is 25.1 Å². The van der Waals surface area contributed by atoms with Gasteiger partial charge in [0.15, 0.2) is 0 Å². The summed E-state index contributed by atoms with van der Waals surface area (Å²) in [7, 11) is 0. The number of carbonyl (C=O) groups is 1. The molecule has 0 bridgehead atoms. The van der Waals surface area contributed by atoms with E-state index < -0.39 is 6.10 Å². The van der Waals surface area contributed by atoms with Gasteiger partial charge in [-0.2, -0.15) is 0 Å². The number of β-amino-alcohol motifs (C(OH)–C–C–N with tert-alkyl or cyclic N) is 1. The highest BCUT2D eigenvalue weighted by molar-refractivity contribution is 6.30. The Hall–Kier alpha value is -1.14. The number of hydrogen-bond donors (Lipinski definition) is 1. The summed E-state index contributed by atoms with van der Waals surface area (Å²) in [6.45, 7) is 6.30. The zero-order chi connectivity index (χ0) is 15.9. The first kappa shape index (κ1) is 17.2. The van der Waals surface area contributed by atoms with Crippen LogP contribution in [-0.2, 0) is 4.74 Å². The van der Waals surface area contributed by atoms with Gasteiger partial charge < -0.3 is 14.7 Å². The van der Waals surface area contributed by atoms with Gasteiger partial charge in [0.1, 0.15) is 0 Å². The monoisotopic (exact) mass is 326 g/mol. The number of benzene rings is 1. The fraction of sp³-hybridized carbons (Fsp3) is 0.562. The lowest BCUT2D eigenvalue weighted by molar-refractivity contribution is 0.0111. The number of halogens is 1. The van der Waals surface area contributed by atoms with Gasteiger partial charge in [0.2, 0.25) is 0 Å². The predicted molar refractivity (Wildman–Crippen MR) is 86.3 cm³/mol. The summed E-state index contributed by atoms with van der Waals surface area (Å²) < 4.78 is 5.21. The molecule has 0 aromatic heterocycles. The maximum absolute atomic E-state index is 12.4. The molecule has 1 aliphatic rings. The fourth-order valence-corrected chi connectivity index (χ4v) is 2.73. The van der Waals surface area contributed by atoms with Crippen LogP contribution in [-0.4, -0.2) is 72.9 Å². The second-order valence-electron chi connectivity index (χ2n) is 5.42. The van der Waals surface area contributed by atoms with Crippen molar-refractivity contribution in [2.75, 3.05) is 45.9 Å². The number of nitrogens with zero attached hydrogens (tertiary/aromatic N) is 2. The van der Waals surface area contributed by atoms with E-state index in [2.05, 4.69) is 4.90 Å². The number of hydrogen-bond acceptors (Lipinski definition) is 4. The number of carbonyl (C=O) groups excluding carboxylic acids is 1. The molecule has 1 saturated heterocycles. The summed E-state index contributed by atoms with van der Waals surface area (Å²) in [5, 5.41) is 10.4. The molecular weight excluding hydrogens is 304 g/mol. The largest absolute Gasteiger partial charge is 0.389 e. The Bertz CT molecular complexity index is 490. The molecule has 0 saturated carbocycles. The predicted octanol–water partition coefficient (Wildman–Crippen LogP) is 1.50. The number of amides is 1. The number of ether oxygens (including phenoxy) is 1. The molecule has 1 aromatic carbocycles. The molecule has 1 N–H and O–H groups in total. The highest BCUT2D eigenvalue weighted by Gasteiger charge is 2.23. The van der Waals surface area contributed by atoms with E-state index in [1.807, 2.05) is 11.8 Å². The van der Waals surface area contributed by atoms with Gasteiger partial charge >= 0.3 is 0 Å². The van der Waals surface area contributed by atoms with Crippen LogP contribution in [0.1, 0.15) is 17.3 Å². The van der Waals surface area contributed by atoms with E-state index in [0.29, 0.717) is 43.4 Å². The Kier molecular flexibility index (Phi) is 6.64. The second-order valence-corrected chi connectivity index (χ2v) is 5.85. The minimum atomic E-state index is -0.477. The van der Waals surface area contributed by atoms with E-state index in [9.17, 15) is 9.90 Å². The summed E-state index contributed by atoms with van der Waals surface area (Å²) in [5.41, 5.74) is 0.623. The van der Waals surface area contributed by atoms with E-state index >= 15 is 0 Å². The molecule has 0 unspecified atom stereocenters. The molecule has 2 rings (SSSR count). The van der Waals surface area contributed by atoms with Crippen molar-refractivity contribution < 1.29 is 14.6 Å². The lowest BCUT2D eigenvalue weighted by atomic mass is 10.2. The van der Waals surface area contributed by atoms with Crippen LogP contribution in [0, 0.1) is 0 Å². The zero-order valence-corrected chi connectivity index (χ0v) is 13.6. The van der Waals surface area contributed by atoms with Crippen LogP contribution < -0.4 is 0 Å². The molecule has 0 radical (unpaired) electrons. The number of aliphatic hydroxyl groups excluding tert-OH is 1. The average molecular weight is 327 g/mol. The van der Waals surface area contributed by atoms with Gasteiger partial charge in [-0.3, -0.25) is 9.69 Å². The molecular formula is C16H23ClN2O3. The highest BCUT2D eigenvalue weighted by atomic mass is 35.5. The van der Waals surface area contributed by atoms with Crippen molar-refractivity contribution in [3.63, 3.8) is 0 Å². The molecule has 5 nitrogen and oxygen atoms in total. The van der Waals surface area contributed by atoms with Gasteiger partial charge in [-0.1, -0.05) is 17.7 Å². The first-order valence-corrected chi connectivity index (χ1v) is 8.01. The Labute approximate surface area is 136 Å². The molecule has 0 spiro atoms. The first-order valence-electron chi connectivity index (χ1n) is 7.63. The molecule has 122 valence electrons. The minimum Gasteiger partial charge on any atom is -0.389 e. The summed E-state index contributed by atoms with van der Waals surface area (Å²) in [4.78, 5) is 16.4. The molecule has 6 heteroatoms. The molecule has 1 fully saturated rings. The lowest BCUT2D eigenvalue weighted by Crippen LogP contribution is -2.50. The van der Waals surface area contributed by atoms with Crippen molar-refractivity contribution in [1.82, 2.24) is 9.80 Å². The molecule has 1 amide bonds. The van der Waals surface area contributed by atoms with Gasteiger partial charge in [0.25, 0.3) is 5.91 Å². The van der Waals surface area contributed by atoms with E-state index in [-0.39, 0.29) is 5.91 Å². The van der Waals surface area contributed by atoms with Gasteiger partial charge in [-0.25, -0.2) is 0 Å². The molecule has 0 aliphatic carbocycles. The number of rotatable bonds is 6. The van der Waals surface area contributed by atoms with Crippen molar-refractivity contribution in [3.05, 3.63) is 34.9 Å². The third-order valence-electron chi connectivity index (χ3n) is 3.71. The van der Waals surface area contributed by atoms with E-state index in [0.717, 1.165) is 13.1 Å². The Balaban J connectivity index is 1.80. The molecule has 1 aliphatic heterocycles. The quantitative estimate of drug-likeness (QED) is 0.860. The van der Waals surface area contributed by atoms with Crippen molar-refractivity contribution in [1.29, 1.82) is 0 Å². The minimum absolute atomic E-state index is 0.0111. The Morgan fingerprint density at radius 1 is 1.36 bits per heavy atom. The van der Waals surface area contributed by atoms with Crippen LogP contribution in [0.2, 0.25) is 5.02 Å². The standard InChI is InChI=1S/C16H23ClN2O3/c1-2-22-12-15(20)11-18-6-8-19(9-7-18)16(21)13-4-3-5-14(17)10-13/h3-5,10,15,20H,2,6-9,11-12H2,1H3/t15-/m1/s1. The van der Waals surface area contributed by atoms with Gasteiger partial charge in [-0.15, -0.1) is 0 Å². The maximum atomic E-state index is 12.4. The summed E-state index contributed by atoms with van der Waals surface area (Å²) in [6, 6.07) is 7.03. The Morgan fingerprint density at radius 2 is 2.09 bits per heavy atom. The molecule has 1 aromatic rings. The fourth-order valence-electron chi connectivity index (χ4n) is 2.54. The summed E-state index contributed by atoms with van der Waals surface area (Å²) in [5.74, 6) is 0.0111. The number of piperazine rings is 1. The van der Waals surface area contributed by atoms with Crippen molar-refractivity contribution in [3.8, 4) is 0 Å². The Morgan fingerprint density at radius 3 is 2.73 bits per heavy atom. The van der Waals surface area contributed by atoms with Crippen LogP contribution in [0.4, 0.5) is 0 Å². The average Bonchev–Trinajstić information content (AvgIpc) is 2.53. The SMILES string of the molecule is CCOC[C@H](O)CN1CCN(C(=O)c2cccc(Cl)c2)CC1. The van der Waals surface area contributed by atoms with Crippen LogP contribution in [0.5, 0.6) is 0 Å². The summed E-state index contributed by atoms with van der Waals surface area (Å²) in [6.07, 6.45) is -0.477. The van der Waals surface area contributed by atoms with E-state index in [1.165, 1.54) is 0 Å². The van der Waals surface area contributed by atoms with Crippen LogP contribution >= 0.6 is 11.6 Å². The van der Waals surface area contributed by atoms with Crippen LogP contribution in [0.15, 0.2) is 24.3 Å². The topological polar surface area (TPSA) is 53.0 Å². The normalized spacial score (nSPS) is 17.5. The molecule has 1 atom stereocenters. The van der Waals surface area contributed by atoms with Gasteiger partial charge in [0, 0.05) is 49.9 Å². The first-order chi connectivity index (χ1) is 10.6. The molecule has 22 heavy (non-hydrogen) atoms. The third-order valence-corrected chi connectivity index (χ3v) is 3.95. The maximum Gasteiger partial charge on any atom is 0.253 e. The van der Waals surface area contributed by atoms with Crippen LogP contribution in [0.25, 0.3) is 0 Å².